The van der Waals surface area contributed by atoms with Crippen LogP contribution in [0.15, 0.2) is 65.3 Å². The first-order valence-electron chi connectivity index (χ1n) is 13.0. The van der Waals surface area contributed by atoms with Gasteiger partial charge in [-0.25, -0.2) is 0 Å². The first kappa shape index (κ1) is 26.3. The van der Waals surface area contributed by atoms with Gasteiger partial charge in [0.2, 0.25) is 5.91 Å². The number of rotatable bonds is 11. The van der Waals surface area contributed by atoms with Crippen LogP contribution in [0.5, 0.6) is 11.5 Å². The van der Waals surface area contributed by atoms with E-state index in [1.807, 2.05) is 42.5 Å². The van der Waals surface area contributed by atoms with Crippen molar-refractivity contribution in [2.24, 2.45) is 0 Å². The second-order valence-electron chi connectivity index (χ2n) is 9.40. The Kier molecular flexibility index (Phi) is 8.88. The van der Waals surface area contributed by atoms with Crippen molar-refractivity contribution in [1.82, 2.24) is 10.2 Å². The molecule has 2 amide bonds. The molecule has 0 spiro atoms. The van der Waals surface area contributed by atoms with E-state index in [4.69, 9.17) is 13.9 Å². The lowest BCUT2D eigenvalue weighted by atomic mass is 9.99. The number of carbonyl (C=O) groups excluding carboxylic acids is 2. The zero-order valence-electron chi connectivity index (χ0n) is 21.9. The molecule has 1 fully saturated rings. The van der Waals surface area contributed by atoms with Gasteiger partial charge in [0.05, 0.1) is 20.5 Å². The maximum atomic E-state index is 13.8. The Morgan fingerprint density at radius 2 is 1.70 bits per heavy atom. The molecule has 1 unspecified atom stereocenters. The van der Waals surface area contributed by atoms with E-state index in [9.17, 15) is 9.59 Å². The van der Waals surface area contributed by atoms with Crippen LogP contribution in [-0.4, -0.2) is 43.5 Å². The fourth-order valence-corrected chi connectivity index (χ4v) is 4.93. The number of aryl methyl sites for hydroxylation is 1. The summed E-state index contributed by atoms with van der Waals surface area (Å²) in [5.41, 5.74) is 2.92. The van der Waals surface area contributed by atoms with E-state index in [-0.39, 0.29) is 23.6 Å². The average Bonchev–Trinajstić information content (AvgIpc) is 3.65. The summed E-state index contributed by atoms with van der Waals surface area (Å²) in [6.07, 6.45) is 7.03. The number of nitrogens with zero attached hydrogens (tertiary/aromatic N) is 1. The van der Waals surface area contributed by atoms with Crippen molar-refractivity contribution >= 4 is 11.8 Å². The monoisotopic (exact) mass is 504 g/mol. The molecule has 7 nitrogen and oxygen atoms in total. The third kappa shape index (κ3) is 6.34. The SMILES string of the molecule is CCc1ccc(C(C(=O)NC2CCCC2)N(CCc2ccc(OC)c(OC)c2)C(=O)c2ccco2)cc1. The molecule has 4 rings (SSSR count). The van der Waals surface area contributed by atoms with E-state index in [1.54, 1.807) is 31.3 Å². The Morgan fingerprint density at radius 1 is 1.00 bits per heavy atom. The first-order chi connectivity index (χ1) is 18.0. The van der Waals surface area contributed by atoms with Gasteiger partial charge in [-0.05, 0) is 66.6 Å². The van der Waals surface area contributed by atoms with Crippen LogP contribution in [0.2, 0.25) is 0 Å². The molecule has 1 saturated carbocycles. The number of amides is 2. The van der Waals surface area contributed by atoms with Gasteiger partial charge in [0.1, 0.15) is 6.04 Å². The van der Waals surface area contributed by atoms with Gasteiger partial charge in [-0.1, -0.05) is 50.1 Å². The maximum absolute atomic E-state index is 13.8. The molecule has 0 radical (unpaired) electrons. The highest BCUT2D eigenvalue weighted by molar-refractivity contribution is 5.96. The molecule has 7 heteroatoms. The van der Waals surface area contributed by atoms with Gasteiger partial charge in [-0.15, -0.1) is 0 Å². The lowest BCUT2D eigenvalue weighted by molar-refractivity contribution is -0.126. The summed E-state index contributed by atoms with van der Waals surface area (Å²) in [6.45, 7) is 2.41. The Labute approximate surface area is 218 Å². The minimum atomic E-state index is -0.788. The van der Waals surface area contributed by atoms with Crippen molar-refractivity contribution < 1.29 is 23.5 Å². The lowest BCUT2D eigenvalue weighted by Crippen LogP contribution is -2.46. The molecule has 37 heavy (non-hydrogen) atoms. The van der Waals surface area contributed by atoms with Crippen molar-refractivity contribution in [2.75, 3.05) is 20.8 Å². The summed E-state index contributed by atoms with van der Waals surface area (Å²) < 4.78 is 16.3. The second-order valence-corrected chi connectivity index (χ2v) is 9.40. The predicted molar refractivity (Wildman–Crippen MR) is 142 cm³/mol. The number of ether oxygens (including phenoxy) is 2. The van der Waals surface area contributed by atoms with E-state index in [0.717, 1.165) is 43.2 Å². The van der Waals surface area contributed by atoms with Crippen molar-refractivity contribution in [3.8, 4) is 11.5 Å². The molecule has 0 saturated heterocycles. The van der Waals surface area contributed by atoms with Crippen LogP contribution in [-0.2, 0) is 17.6 Å². The van der Waals surface area contributed by atoms with Gasteiger partial charge in [0.25, 0.3) is 5.91 Å². The van der Waals surface area contributed by atoms with Gasteiger partial charge in [-0.2, -0.15) is 0 Å². The Bertz CT molecular complexity index is 1170. The molecule has 3 aromatic rings. The number of hydrogen-bond acceptors (Lipinski definition) is 5. The molecule has 1 aliphatic rings. The highest BCUT2D eigenvalue weighted by Gasteiger charge is 2.34. The molecule has 0 bridgehead atoms. The van der Waals surface area contributed by atoms with E-state index < -0.39 is 6.04 Å². The van der Waals surface area contributed by atoms with Crippen molar-refractivity contribution in [3.05, 3.63) is 83.3 Å². The van der Waals surface area contributed by atoms with E-state index >= 15 is 0 Å². The Hall–Kier alpha value is -3.74. The summed E-state index contributed by atoms with van der Waals surface area (Å²) in [5, 5.41) is 3.22. The van der Waals surface area contributed by atoms with Crippen LogP contribution in [0.25, 0.3) is 0 Å². The zero-order chi connectivity index (χ0) is 26.2. The molecule has 0 aliphatic heterocycles. The fourth-order valence-electron chi connectivity index (χ4n) is 4.93. The standard InChI is InChI=1S/C30H36N2O5/c1-4-21-11-14-23(15-12-21)28(29(33)31-24-8-5-6-9-24)32(30(34)26-10-7-19-37-26)18-17-22-13-16-25(35-2)27(20-22)36-3/h7,10-16,19-20,24,28H,4-6,8-9,17-18H2,1-3H3,(H,31,33). The molecule has 2 aromatic carbocycles. The third-order valence-electron chi connectivity index (χ3n) is 7.05. The fraction of sp³-hybridized carbons (Fsp3) is 0.400. The summed E-state index contributed by atoms with van der Waals surface area (Å²) in [7, 11) is 3.19. The molecule has 1 aromatic heterocycles. The molecular weight excluding hydrogens is 468 g/mol. The zero-order valence-corrected chi connectivity index (χ0v) is 21.9. The van der Waals surface area contributed by atoms with Gasteiger partial charge in [-0.3, -0.25) is 9.59 Å². The summed E-state index contributed by atoms with van der Waals surface area (Å²) in [4.78, 5) is 29.2. The van der Waals surface area contributed by atoms with Gasteiger partial charge < -0.3 is 24.1 Å². The number of benzene rings is 2. The topological polar surface area (TPSA) is 81.0 Å². The van der Waals surface area contributed by atoms with Crippen LogP contribution in [0.3, 0.4) is 0 Å². The number of furan rings is 1. The van der Waals surface area contributed by atoms with Crippen LogP contribution in [0, 0.1) is 0 Å². The van der Waals surface area contributed by atoms with Crippen molar-refractivity contribution in [2.45, 2.75) is 57.5 Å². The maximum Gasteiger partial charge on any atom is 0.290 e. The summed E-state index contributed by atoms with van der Waals surface area (Å²) in [5.74, 6) is 0.977. The highest BCUT2D eigenvalue weighted by atomic mass is 16.5. The number of hydrogen-bond donors (Lipinski definition) is 1. The summed E-state index contributed by atoms with van der Waals surface area (Å²) in [6, 6.07) is 16.3. The average molecular weight is 505 g/mol. The molecular formula is C30H36N2O5. The summed E-state index contributed by atoms with van der Waals surface area (Å²) >= 11 is 0. The van der Waals surface area contributed by atoms with Gasteiger partial charge in [0.15, 0.2) is 17.3 Å². The quantitative estimate of drug-likeness (QED) is 0.381. The van der Waals surface area contributed by atoms with E-state index in [2.05, 4.69) is 12.2 Å². The van der Waals surface area contributed by atoms with Gasteiger partial charge >= 0.3 is 0 Å². The second kappa shape index (κ2) is 12.5. The smallest absolute Gasteiger partial charge is 0.290 e. The van der Waals surface area contributed by atoms with Crippen LogP contribution < -0.4 is 14.8 Å². The Morgan fingerprint density at radius 3 is 2.32 bits per heavy atom. The third-order valence-corrected chi connectivity index (χ3v) is 7.05. The largest absolute Gasteiger partial charge is 0.493 e. The molecule has 1 atom stereocenters. The van der Waals surface area contributed by atoms with Crippen LogP contribution in [0.1, 0.15) is 65.9 Å². The number of carbonyl (C=O) groups is 2. The van der Waals surface area contributed by atoms with Crippen LogP contribution >= 0.6 is 0 Å². The minimum Gasteiger partial charge on any atom is -0.493 e. The molecule has 1 heterocycles. The number of nitrogens with one attached hydrogen (secondary N) is 1. The molecule has 1 N–H and O–H groups in total. The van der Waals surface area contributed by atoms with Crippen molar-refractivity contribution in [3.63, 3.8) is 0 Å². The normalized spacial score (nSPS) is 14.2. The molecule has 196 valence electrons. The van der Waals surface area contributed by atoms with E-state index in [0.29, 0.717) is 24.5 Å². The van der Waals surface area contributed by atoms with Crippen LogP contribution in [0.4, 0.5) is 0 Å². The Balaban J connectivity index is 1.68. The van der Waals surface area contributed by atoms with Crippen molar-refractivity contribution in [1.29, 1.82) is 0 Å². The molecule has 1 aliphatic carbocycles. The predicted octanol–water partition coefficient (Wildman–Crippen LogP) is 5.34. The van der Waals surface area contributed by atoms with E-state index in [1.165, 1.54) is 11.8 Å². The minimum absolute atomic E-state index is 0.135. The number of methoxy groups -OCH3 is 2. The highest BCUT2D eigenvalue weighted by Crippen LogP contribution is 2.30. The van der Waals surface area contributed by atoms with Gasteiger partial charge in [0, 0.05) is 12.6 Å². The lowest BCUT2D eigenvalue weighted by Gasteiger charge is -2.32. The first-order valence-corrected chi connectivity index (χ1v) is 13.0.